The van der Waals surface area contributed by atoms with Crippen molar-refractivity contribution in [2.75, 3.05) is 11.9 Å². The van der Waals surface area contributed by atoms with Gasteiger partial charge in [0.15, 0.2) is 0 Å². The fraction of sp³-hybridized carbons (Fsp3) is 0.467. The van der Waals surface area contributed by atoms with Crippen molar-refractivity contribution >= 4 is 37.5 Å². The highest BCUT2D eigenvalue weighted by atomic mass is 35.5. The predicted molar refractivity (Wildman–Crippen MR) is 107 cm³/mol. The molecule has 162 valence electrons. The average Bonchev–Trinajstić information content (AvgIpc) is 3.02. The number of pyridine rings is 1. The van der Waals surface area contributed by atoms with E-state index in [-0.39, 0.29) is 32.9 Å². The zero-order valence-electron chi connectivity index (χ0n) is 15.8. The molecule has 0 amide bonds. The summed E-state index contributed by atoms with van der Waals surface area (Å²) in [5, 5.41) is 21.5. The number of hydrogen-bond donors (Lipinski definition) is 4. The number of nitrogens with two attached hydrogens (primary N) is 1. The first-order valence-corrected chi connectivity index (χ1v) is 12.0. The van der Waals surface area contributed by atoms with Crippen LogP contribution in [0.2, 0.25) is 5.02 Å². The molecule has 0 aliphatic carbocycles. The number of aryl methyl sites for hydroxylation is 1. The maximum atomic E-state index is 12.5. The van der Waals surface area contributed by atoms with Crippen molar-refractivity contribution in [2.24, 2.45) is 12.2 Å². The lowest BCUT2D eigenvalue weighted by Gasteiger charge is -2.12. The van der Waals surface area contributed by atoms with Crippen molar-refractivity contribution in [1.29, 1.82) is 0 Å². The van der Waals surface area contributed by atoms with Gasteiger partial charge < -0.3 is 10.4 Å². The number of nitrogens with zero attached hydrogens (tertiary/aromatic N) is 3. The van der Waals surface area contributed by atoms with Crippen molar-refractivity contribution in [1.82, 2.24) is 19.5 Å². The molecule has 0 saturated heterocycles. The van der Waals surface area contributed by atoms with Gasteiger partial charge in [-0.2, -0.15) is 5.10 Å². The van der Waals surface area contributed by atoms with E-state index in [1.807, 2.05) is 6.92 Å². The molecule has 1 atom stereocenters. The molecular formula is C15H23ClN6O5S2. The Kier molecular flexibility index (Phi) is 7.59. The molecule has 5 N–H and O–H groups in total. The molecule has 2 rings (SSSR count). The molecule has 0 spiro atoms. The number of aliphatic hydroxyl groups is 1. The van der Waals surface area contributed by atoms with Crippen molar-refractivity contribution in [3.63, 3.8) is 0 Å². The second-order valence-electron chi connectivity index (χ2n) is 6.23. The maximum absolute atomic E-state index is 12.5. The van der Waals surface area contributed by atoms with Gasteiger partial charge in [0.05, 0.1) is 29.6 Å². The number of anilines is 1. The topological polar surface area (TPSA) is 169 Å². The van der Waals surface area contributed by atoms with Crippen LogP contribution in [0.15, 0.2) is 28.3 Å². The Balaban J connectivity index is 2.12. The summed E-state index contributed by atoms with van der Waals surface area (Å²) in [5.41, 5.74) is 0.0860. The molecule has 1 unspecified atom stereocenters. The zero-order chi connectivity index (χ0) is 21.8. The van der Waals surface area contributed by atoms with Gasteiger partial charge in [0.25, 0.3) is 0 Å². The zero-order valence-corrected chi connectivity index (χ0v) is 18.2. The van der Waals surface area contributed by atoms with Crippen molar-refractivity contribution in [3.05, 3.63) is 29.2 Å². The second kappa shape index (κ2) is 9.36. The molecule has 0 aliphatic rings. The van der Waals surface area contributed by atoms with Gasteiger partial charge >= 0.3 is 0 Å². The molecule has 0 fully saturated rings. The first-order valence-electron chi connectivity index (χ1n) is 8.56. The van der Waals surface area contributed by atoms with Gasteiger partial charge in [0.2, 0.25) is 20.0 Å². The predicted octanol–water partition coefficient (Wildman–Crippen LogP) is 0.167. The van der Waals surface area contributed by atoms with E-state index >= 15 is 0 Å². The van der Waals surface area contributed by atoms with Gasteiger partial charge in [-0.05, 0) is 18.9 Å². The molecule has 29 heavy (non-hydrogen) atoms. The minimum absolute atomic E-state index is 0.0860. The smallest absolute Gasteiger partial charge is 0.242 e. The van der Waals surface area contributed by atoms with Crippen LogP contribution < -0.4 is 15.2 Å². The summed E-state index contributed by atoms with van der Waals surface area (Å²) in [6, 6.07) is 1.22. The van der Waals surface area contributed by atoms with E-state index < -0.39 is 26.2 Å². The summed E-state index contributed by atoms with van der Waals surface area (Å²) >= 11 is 6.10. The first-order chi connectivity index (χ1) is 13.5. The van der Waals surface area contributed by atoms with E-state index in [9.17, 15) is 21.9 Å². The van der Waals surface area contributed by atoms with Gasteiger partial charge in [-0.15, -0.1) is 0 Å². The van der Waals surface area contributed by atoms with E-state index in [0.717, 1.165) is 12.4 Å². The highest BCUT2D eigenvalue weighted by Gasteiger charge is 2.22. The van der Waals surface area contributed by atoms with E-state index in [2.05, 4.69) is 20.1 Å². The molecule has 2 heterocycles. The Bertz CT molecular complexity index is 1070. The van der Waals surface area contributed by atoms with Crippen molar-refractivity contribution in [3.8, 4) is 0 Å². The number of sulfonamides is 2. The average molecular weight is 467 g/mol. The Morgan fingerprint density at radius 3 is 2.59 bits per heavy atom. The van der Waals surface area contributed by atoms with E-state index in [4.69, 9.17) is 16.7 Å². The third-order valence-electron chi connectivity index (χ3n) is 4.13. The molecule has 0 aromatic carbocycles. The number of primary sulfonamides is 1. The lowest BCUT2D eigenvalue weighted by molar-refractivity contribution is 0.164. The summed E-state index contributed by atoms with van der Waals surface area (Å²) in [6.07, 6.45) is 2.84. The van der Waals surface area contributed by atoms with Crippen LogP contribution in [0.4, 0.5) is 5.82 Å². The summed E-state index contributed by atoms with van der Waals surface area (Å²) < 4.78 is 51.7. The normalized spacial score (nSPS) is 13.4. The van der Waals surface area contributed by atoms with Crippen LogP contribution >= 0.6 is 11.6 Å². The Morgan fingerprint density at radius 2 is 2.00 bits per heavy atom. The van der Waals surface area contributed by atoms with Crippen LogP contribution in [0.25, 0.3) is 0 Å². The lowest BCUT2D eigenvalue weighted by atomic mass is 10.2. The van der Waals surface area contributed by atoms with Gasteiger partial charge in [-0.1, -0.05) is 18.5 Å². The molecule has 0 radical (unpaired) electrons. The quantitative estimate of drug-likeness (QED) is 0.383. The van der Waals surface area contributed by atoms with Gasteiger partial charge in [-0.25, -0.2) is 31.7 Å². The molecule has 0 bridgehead atoms. The van der Waals surface area contributed by atoms with E-state index in [1.165, 1.54) is 17.8 Å². The standard InChI is InChI=1S/C15H23ClN6O5S2/c1-3-10(23)4-5-18-15-12(16)6-11(7-19-15)29(26,27)21-8-13-14(28(17,24)25)9-20-22(13)2/h6-7,9-10,21,23H,3-5,8H2,1-2H3,(H,18,19)(H2,17,24,25). The number of nitrogens with one attached hydrogen (secondary N) is 2. The van der Waals surface area contributed by atoms with Crippen LogP contribution in [0.3, 0.4) is 0 Å². The molecule has 14 heteroatoms. The third kappa shape index (κ3) is 6.10. The largest absolute Gasteiger partial charge is 0.393 e. The lowest BCUT2D eigenvalue weighted by Crippen LogP contribution is -2.26. The fourth-order valence-electron chi connectivity index (χ4n) is 2.39. The minimum atomic E-state index is -4.05. The van der Waals surface area contributed by atoms with Gasteiger partial charge in [0.1, 0.15) is 15.6 Å². The van der Waals surface area contributed by atoms with Crippen LogP contribution in [0.1, 0.15) is 25.5 Å². The molecular weight excluding hydrogens is 444 g/mol. The van der Waals surface area contributed by atoms with E-state index in [1.54, 1.807) is 0 Å². The number of aromatic nitrogens is 3. The summed E-state index contributed by atoms with van der Waals surface area (Å²) in [6.45, 7) is 1.93. The molecule has 0 saturated carbocycles. The minimum Gasteiger partial charge on any atom is -0.393 e. The number of hydrogen-bond acceptors (Lipinski definition) is 8. The Hall–Kier alpha value is -1.77. The van der Waals surface area contributed by atoms with Crippen LogP contribution in [-0.2, 0) is 33.6 Å². The third-order valence-corrected chi connectivity index (χ3v) is 6.74. The SMILES string of the molecule is CCC(O)CCNc1ncc(S(=O)(=O)NCc2c(S(N)(=O)=O)cnn2C)cc1Cl. The van der Waals surface area contributed by atoms with Gasteiger partial charge in [0, 0.05) is 19.8 Å². The number of rotatable bonds is 10. The molecule has 2 aromatic heterocycles. The Morgan fingerprint density at radius 1 is 1.31 bits per heavy atom. The molecule has 2 aromatic rings. The van der Waals surface area contributed by atoms with Crippen LogP contribution in [-0.4, -0.2) is 49.4 Å². The number of aliphatic hydroxyl groups excluding tert-OH is 1. The summed E-state index contributed by atoms with van der Waals surface area (Å²) in [4.78, 5) is 3.55. The highest BCUT2D eigenvalue weighted by molar-refractivity contribution is 7.89. The van der Waals surface area contributed by atoms with E-state index in [0.29, 0.717) is 19.4 Å². The van der Waals surface area contributed by atoms with Crippen LogP contribution in [0.5, 0.6) is 0 Å². The first kappa shape index (κ1) is 23.5. The van der Waals surface area contributed by atoms with Crippen molar-refractivity contribution in [2.45, 2.75) is 42.2 Å². The second-order valence-corrected chi connectivity index (χ2v) is 9.93. The monoisotopic (exact) mass is 466 g/mol. The molecule has 0 aliphatic heterocycles. The van der Waals surface area contributed by atoms with Crippen molar-refractivity contribution < 1.29 is 21.9 Å². The highest BCUT2D eigenvalue weighted by Crippen LogP contribution is 2.23. The van der Waals surface area contributed by atoms with Gasteiger partial charge in [-0.3, -0.25) is 4.68 Å². The maximum Gasteiger partial charge on any atom is 0.242 e. The Labute approximate surface area is 174 Å². The summed E-state index contributed by atoms with van der Waals surface area (Å²) in [5.74, 6) is 0.289. The van der Waals surface area contributed by atoms with Crippen LogP contribution in [0, 0.1) is 0 Å². The fourth-order valence-corrected chi connectivity index (χ4v) is 4.37. The number of halogens is 1. The summed E-state index contributed by atoms with van der Waals surface area (Å²) in [7, 11) is -6.62. The molecule has 11 nitrogen and oxygen atoms in total.